The monoisotopic (exact) mass is 314 g/mol. The zero-order valence-electron chi connectivity index (χ0n) is 9.86. The fourth-order valence-electron chi connectivity index (χ4n) is 2.03. The number of nitro groups is 1. The van der Waals surface area contributed by atoms with E-state index in [0.29, 0.717) is 16.3 Å². The number of anilines is 1. The van der Waals surface area contributed by atoms with Crippen LogP contribution in [-0.2, 0) is 0 Å². The van der Waals surface area contributed by atoms with Gasteiger partial charge in [0.15, 0.2) is 0 Å². The number of aromatic nitrogens is 1. The van der Waals surface area contributed by atoms with Gasteiger partial charge in [-0.1, -0.05) is 0 Å². The average molecular weight is 315 g/mol. The van der Waals surface area contributed by atoms with E-state index in [-0.39, 0.29) is 5.69 Å². The van der Waals surface area contributed by atoms with Crippen LogP contribution in [0.5, 0.6) is 0 Å². The summed E-state index contributed by atoms with van der Waals surface area (Å²) in [5.41, 5.74) is -0.00937. The van der Waals surface area contributed by atoms with Gasteiger partial charge in [-0.15, -0.1) is 0 Å². The maximum atomic E-state index is 10.6. The van der Waals surface area contributed by atoms with Gasteiger partial charge in [-0.05, 0) is 41.7 Å². The van der Waals surface area contributed by atoms with Gasteiger partial charge in [0.1, 0.15) is 12.0 Å². The molecule has 1 aliphatic heterocycles. The number of halogens is 1. The minimum Gasteiger partial charge on any atom is -0.369 e. The summed E-state index contributed by atoms with van der Waals surface area (Å²) in [6, 6.07) is 2.04. The second-order valence-corrected chi connectivity index (χ2v) is 5.14. The summed E-state index contributed by atoms with van der Waals surface area (Å²) in [7, 11) is 0. The molecule has 18 heavy (non-hydrogen) atoms. The number of nitrogens with zero attached hydrogens (tertiary/aromatic N) is 2. The molecule has 0 spiro atoms. The molecule has 2 heterocycles. The molecular weight excluding hydrogens is 300 g/mol. The van der Waals surface area contributed by atoms with Crippen molar-refractivity contribution in [2.24, 2.45) is 0 Å². The Bertz CT molecular complexity index is 435. The Hall–Kier alpha value is -1.21. The Morgan fingerprint density at radius 3 is 3.11 bits per heavy atom. The molecule has 1 aliphatic rings. The standard InChI is InChI=1S/C11H15BrN4O2/c12-10-6-9(16(17)18)7-15-11(10)14-5-3-8-2-1-4-13-8/h6-8,13H,1-5H2,(H,14,15)/t8-/m0/s1. The normalized spacial score (nSPS) is 18.8. The summed E-state index contributed by atoms with van der Waals surface area (Å²) >= 11 is 3.28. The van der Waals surface area contributed by atoms with E-state index in [4.69, 9.17) is 0 Å². The molecule has 98 valence electrons. The van der Waals surface area contributed by atoms with Crippen LogP contribution in [0.25, 0.3) is 0 Å². The number of hydrogen-bond acceptors (Lipinski definition) is 5. The molecule has 0 radical (unpaired) electrons. The molecule has 1 atom stereocenters. The SMILES string of the molecule is O=[N+]([O-])c1cnc(NCC[C@@H]2CCCN2)c(Br)c1. The molecule has 2 rings (SSSR count). The lowest BCUT2D eigenvalue weighted by Crippen LogP contribution is -2.24. The Balaban J connectivity index is 1.87. The first-order valence-corrected chi connectivity index (χ1v) is 6.73. The summed E-state index contributed by atoms with van der Waals surface area (Å²) in [6.07, 6.45) is 4.76. The van der Waals surface area contributed by atoms with Gasteiger partial charge < -0.3 is 10.6 Å². The molecule has 6 nitrogen and oxygen atoms in total. The second-order valence-electron chi connectivity index (χ2n) is 4.29. The van der Waals surface area contributed by atoms with Gasteiger partial charge in [0, 0.05) is 18.7 Å². The summed E-state index contributed by atoms with van der Waals surface area (Å²) in [6.45, 7) is 1.91. The van der Waals surface area contributed by atoms with E-state index in [2.05, 4.69) is 31.5 Å². The molecule has 1 saturated heterocycles. The number of pyridine rings is 1. The topological polar surface area (TPSA) is 80.1 Å². The van der Waals surface area contributed by atoms with Crippen LogP contribution in [0.15, 0.2) is 16.7 Å². The van der Waals surface area contributed by atoms with Crippen LogP contribution in [0, 0.1) is 10.1 Å². The molecule has 0 aromatic carbocycles. The third-order valence-electron chi connectivity index (χ3n) is 2.99. The first-order chi connectivity index (χ1) is 8.66. The molecule has 7 heteroatoms. The van der Waals surface area contributed by atoms with Gasteiger partial charge >= 0.3 is 0 Å². The van der Waals surface area contributed by atoms with E-state index >= 15 is 0 Å². The molecule has 0 saturated carbocycles. The molecular formula is C11H15BrN4O2. The summed E-state index contributed by atoms with van der Waals surface area (Å²) in [5, 5.41) is 17.2. The first kappa shape index (κ1) is 13.2. The van der Waals surface area contributed by atoms with E-state index < -0.39 is 4.92 Å². The van der Waals surface area contributed by atoms with E-state index in [9.17, 15) is 10.1 Å². The highest BCUT2D eigenvalue weighted by Gasteiger charge is 2.14. The first-order valence-electron chi connectivity index (χ1n) is 5.94. The smallest absolute Gasteiger partial charge is 0.288 e. The van der Waals surface area contributed by atoms with E-state index in [0.717, 1.165) is 19.5 Å². The van der Waals surface area contributed by atoms with E-state index in [1.807, 2.05) is 0 Å². The van der Waals surface area contributed by atoms with Crippen LogP contribution in [0.2, 0.25) is 0 Å². The molecule has 0 unspecified atom stereocenters. The van der Waals surface area contributed by atoms with Gasteiger partial charge in [0.05, 0.1) is 9.40 Å². The lowest BCUT2D eigenvalue weighted by molar-refractivity contribution is -0.385. The number of nitrogens with one attached hydrogen (secondary N) is 2. The van der Waals surface area contributed by atoms with Gasteiger partial charge in [0.2, 0.25) is 0 Å². The fraction of sp³-hybridized carbons (Fsp3) is 0.545. The lowest BCUT2D eigenvalue weighted by atomic mass is 10.1. The van der Waals surface area contributed by atoms with Crippen LogP contribution in [0.4, 0.5) is 11.5 Å². The minimum absolute atomic E-state index is 0.00937. The van der Waals surface area contributed by atoms with Crippen LogP contribution in [-0.4, -0.2) is 29.0 Å². The predicted octanol–water partition coefficient (Wildman–Crippen LogP) is 2.31. The quantitative estimate of drug-likeness (QED) is 0.644. The van der Waals surface area contributed by atoms with Crippen LogP contribution in [0.3, 0.4) is 0 Å². The Morgan fingerprint density at radius 1 is 1.67 bits per heavy atom. The van der Waals surface area contributed by atoms with Crippen molar-refractivity contribution in [2.45, 2.75) is 25.3 Å². The van der Waals surface area contributed by atoms with Crippen molar-refractivity contribution < 1.29 is 4.92 Å². The second kappa shape index (κ2) is 6.10. The minimum atomic E-state index is -0.454. The van der Waals surface area contributed by atoms with Crippen molar-refractivity contribution in [1.29, 1.82) is 0 Å². The van der Waals surface area contributed by atoms with Crippen molar-refractivity contribution in [3.63, 3.8) is 0 Å². The maximum absolute atomic E-state index is 10.6. The molecule has 0 aliphatic carbocycles. The maximum Gasteiger partial charge on any atom is 0.288 e. The highest BCUT2D eigenvalue weighted by atomic mass is 79.9. The molecule has 2 N–H and O–H groups in total. The molecule has 1 aromatic rings. The molecule has 0 amide bonds. The highest BCUT2D eigenvalue weighted by molar-refractivity contribution is 9.10. The van der Waals surface area contributed by atoms with Crippen molar-refractivity contribution >= 4 is 27.4 Å². The third kappa shape index (κ3) is 3.39. The van der Waals surface area contributed by atoms with E-state index in [1.54, 1.807) is 0 Å². The third-order valence-corrected chi connectivity index (χ3v) is 3.59. The van der Waals surface area contributed by atoms with Gasteiger partial charge in [-0.3, -0.25) is 10.1 Å². The molecule has 1 fully saturated rings. The molecule has 1 aromatic heterocycles. The summed E-state index contributed by atoms with van der Waals surface area (Å²) < 4.78 is 0.621. The number of hydrogen-bond donors (Lipinski definition) is 2. The fourth-order valence-corrected chi connectivity index (χ4v) is 2.50. The molecule has 0 bridgehead atoms. The average Bonchev–Trinajstić information content (AvgIpc) is 2.84. The van der Waals surface area contributed by atoms with Crippen LogP contribution >= 0.6 is 15.9 Å². The summed E-state index contributed by atoms with van der Waals surface area (Å²) in [4.78, 5) is 14.2. The van der Waals surface area contributed by atoms with Crippen molar-refractivity contribution in [3.05, 3.63) is 26.9 Å². The van der Waals surface area contributed by atoms with Crippen LogP contribution < -0.4 is 10.6 Å². The largest absolute Gasteiger partial charge is 0.369 e. The number of rotatable bonds is 5. The Kier molecular flexibility index (Phi) is 4.48. The van der Waals surface area contributed by atoms with Crippen LogP contribution in [0.1, 0.15) is 19.3 Å². The van der Waals surface area contributed by atoms with E-state index in [1.165, 1.54) is 25.1 Å². The highest BCUT2D eigenvalue weighted by Crippen LogP contribution is 2.24. The Morgan fingerprint density at radius 2 is 2.50 bits per heavy atom. The lowest BCUT2D eigenvalue weighted by Gasteiger charge is -2.11. The zero-order valence-corrected chi connectivity index (χ0v) is 11.4. The van der Waals surface area contributed by atoms with Gasteiger partial charge in [-0.2, -0.15) is 0 Å². The van der Waals surface area contributed by atoms with Crippen molar-refractivity contribution in [1.82, 2.24) is 10.3 Å². The van der Waals surface area contributed by atoms with Crippen molar-refractivity contribution in [2.75, 3.05) is 18.4 Å². The summed E-state index contributed by atoms with van der Waals surface area (Å²) in [5.74, 6) is 0.651. The van der Waals surface area contributed by atoms with Crippen molar-refractivity contribution in [3.8, 4) is 0 Å². The van der Waals surface area contributed by atoms with Gasteiger partial charge in [0.25, 0.3) is 5.69 Å². The van der Waals surface area contributed by atoms with Gasteiger partial charge in [-0.25, -0.2) is 4.98 Å². The predicted molar refractivity (Wildman–Crippen MR) is 72.7 cm³/mol. The zero-order chi connectivity index (χ0) is 13.0. The Labute approximate surface area is 113 Å².